The minimum Gasteiger partial charge on any atom is -0.459 e. The van der Waals surface area contributed by atoms with E-state index in [0.717, 1.165) is 23.7 Å². The van der Waals surface area contributed by atoms with Gasteiger partial charge in [-0.05, 0) is 25.8 Å². The van der Waals surface area contributed by atoms with Crippen LogP contribution in [-0.4, -0.2) is 16.8 Å². The van der Waals surface area contributed by atoms with Gasteiger partial charge in [-0.3, -0.25) is 4.79 Å². The van der Waals surface area contributed by atoms with Gasteiger partial charge in [0, 0.05) is 10.9 Å². The fraction of sp³-hybridized carbons (Fsp3) is 0.615. The molecule has 0 saturated heterocycles. The summed E-state index contributed by atoms with van der Waals surface area (Å²) in [5.41, 5.74) is 0.803. The first-order valence-corrected chi connectivity index (χ1v) is 7.22. The molecule has 1 saturated carbocycles. The molecule has 0 aromatic carbocycles. The molecule has 94 valence electrons. The lowest BCUT2D eigenvalue weighted by atomic mass is 9.83. The number of amides is 1. The highest BCUT2D eigenvalue weighted by Gasteiger charge is 2.33. The van der Waals surface area contributed by atoms with Crippen LogP contribution in [-0.2, 0) is 0 Å². The van der Waals surface area contributed by atoms with E-state index in [1.165, 1.54) is 19.3 Å². The molecule has 0 aliphatic heterocycles. The third-order valence-electron chi connectivity index (χ3n) is 3.51. The molecule has 2 rings (SSSR count). The van der Waals surface area contributed by atoms with Crippen LogP contribution in [0, 0.1) is 6.92 Å². The van der Waals surface area contributed by atoms with Crippen molar-refractivity contribution in [3.05, 3.63) is 23.7 Å². The second kappa shape index (κ2) is 5.25. The third-order valence-corrected chi connectivity index (χ3v) is 4.59. The Balaban J connectivity index is 2.08. The highest BCUT2D eigenvalue weighted by Crippen LogP contribution is 2.30. The average Bonchev–Trinajstić information content (AvgIpc) is 2.77. The van der Waals surface area contributed by atoms with Crippen molar-refractivity contribution in [3.8, 4) is 0 Å². The molecule has 0 bridgehead atoms. The van der Waals surface area contributed by atoms with Crippen molar-refractivity contribution in [2.45, 2.75) is 44.6 Å². The third kappa shape index (κ3) is 2.73. The minimum atomic E-state index is -0.0890. The van der Waals surface area contributed by atoms with Crippen molar-refractivity contribution >= 4 is 21.8 Å². The highest BCUT2D eigenvalue weighted by atomic mass is 79.9. The summed E-state index contributed by atoms with van der Waals surface area (Å²) in [6.07, 6.45) is 7.29. The van der Waals surface area contributed by atoms with Gasteiger partial charge in [-0.1, -0.05) is 35.2 Å². The maximum absolute atomic E-state index is 12.1. The van der Waals surface area contributed by atoms with Crippen LogP contribution >= 0.6 is 15.9 Å². The van der Waals surface area contributed by atoms with Crippen LogP contribution in [0.1, 0.15) is 48.2 Å². The van der Waals surface area contributed by atoms with Crippen molar-refractivity contribution in [3.63, 3.8) is 0 Å². The predicted octanol–water partition coefficient (Wildman–Crippen LogP) is 3.42. The largest absolute Gasteiger partial charge is 0.459 e. The zero-order chi connectivity index (χ0) is 12.3. The lowest BCUT2D eigenvalue weighted by Crippen LogP contribution is -2.51. The van der Waals surface area contributed by atoms with Gasteiger partial charge in [0.25, 0.3) is 5.91 Å². The SMILES string of the molecule is Cc1ccoc1C(=O)NC1(CBr)CCCCC1. The first-order valence-electron chi connectivity index (χ1n) is 6.09. The second-order valence-electron chi connectivity index (χ2n) is 4.86. The first kappa shape index (κ1) is 12.7. The Kier molecular flexibility index (Phi) is 3.92. The van der Waals surface area contributed by atoms with Crippen LogP contribution < -0.4 is 5.32 Å². The van der Waals surface area contributed by atoms with Crippen LogP contribution in [0.5, 0.6) is 0 Å². The fourth-order valence-electron chi connectivity index (χ4n) is 2.42. The van der Waals surface area contributed by atoms with E-state index in [0.29, 0.717) is 5.76 Å². The molecule has 1 aliphatic carbocycles. The number of aryl methyl sites for hydroxylation is 1. The highest BCUT2D eigenvalue weighted by molar-refractivity contribution is 9.09. The molecule has 0 unspecified atom stereocenters. The smallest absolute Gasteiger partial charge is 0.287 e. The van der Waals surface area contributed by atoms with Crippen molar-refractivity contribution < 1.29 is 9.21 Å². The molecule has 0 spiro atoms. The van der Waals surface area contributed by atoms with E-state index in [1.54, 1.807) is 6.26 Å². The normalized spacial score (nSPS) is 18.9. The van der Waals surface area contributed by atoms with Crippen LogP contribution in [0.25, 0.3) is 0 Å². The van der Waals surface area contributed by atoms with Gasteiger partial charge in [-0.2, -0.15) is 0 Å². The van der Waals surface area contributed by atoms with Gasteiger partial charge in [-0.15, -0.1) is 0 Å². The minimum absolute atomic E-state index is 0.0887. The zero-order valence-electron chi connectivity index (χ0n) is 10.1. The molecule has 1 N–H and O–H groups in total. The maximum atomic E-state index is 12.1. The monoisotopic (exact) mass is 299 g/mol. The van der Waals surface area contributed by atoms with Gasteiger partial charge in [0.15, 0.2) is 5.76 Å². The van der Waals surface area contributed by atoms with Crippen molar-refractivity contribution in [1.82, 2.24) is 5.32 Å². The molecule has 17 heavy (non-hydrogen) atoms. The summed E-state index contributed by atoms with van der Waals surface area (Å²) < 4.78 is 5.23. The van der Waals surface area contributed by atoms with Crippen molar-refractivity contribution in [2.75, 3.05) is 5.33 Å². The molecular weight excluding hydrogens is 282 g/mol. The maximum Gasteiger partial charge on any atom is 0.287 e. The van der Waals surface area contributed by atoms with E-state index < -0.39 is 0 Å². The average molecular weight is 300 g/mol. The molecule has 0 atom stereocenters. The number of halogens is 1. The number of alkyl halides is 1. The van der Waals surface area contributed by atoms with E-state index in [2.05, 4.69) is 21.2 Å². The summed E-state index contributed by atoms with van der Waals surface area (Å²) >= 11 is 3.53. The Labute approximate surface area is 110 Å². The number of carbonyl (C=O) groups is 1. The van der Waals surface area contributed by atoms with E-state index in [-0.39, 0.29) is 11.4 Å². The van der Waals surface area contributed by atoms with Gasteiger partial charge in [0.1, 0.15) is 0 Å². The van der Waals surface area contributed by atoms with Gasteiger partial charge in [0.05, 0.1) is 11.8 Å². The Morgan fingerprint density at radius 1 is 1.47 bits per heavy atom. The lowest BCUT2D eigenvalue weighted by Gasteiger charge is -2.36. The number of furan rings is 1. The first-order chi connectivity index (χ1) is 8.17. The summed E-state index contributed by atoms with van der Waals surface area (Å²) in [5, 5.41) is 3.96. The van der Waals surface area contributed by atoms with Crippen molar-refractivity contribution in [1.29, 1.82) is 0 Å². The van der Waals surface area contributed by atoms with E-state index >= 15 is 0 Å². The van der Waals surface area contributed by atoms with Crippen LogP contribution in [0.15, 0.2) is 16.7 Å². The Bertz CT molecular complexity index is 394. The summed E-state index contributed by atoms with van der Waals surface area (Å²) in [7, 11) is 0. The van der Waals surface area contributed by atoms with Crippen LogP contribution in [0.4, 0.5) is 0 Å². The molecule has 0 radical (unpaired) electrons. The molecule has 1 aromatic heterocycles. The Morgan fingerprint density at radius 2 is 2.18 bits per heavy atom. The van der Waals surface area contributed by atoms with Crippen LogP contribution in [0.3, 0.4) is 0 Å². The molecule has 1 aliphatic rings. The van der Waals surface area contributed by atoms with Crippen LogP contribution in [0.2, 0.25) is 0 Å². The fourth-order valence-corrected chi connectivity index (χ4v) is 3.12. The molecule has 1 heterocycles. The van der Waals surface area contributed by atoms with E-state index in [1.807, 2.05) is 13.0 Å². The number of hydrogen-bond donors (Lipinski definition) is 1. The van der Waals surface area contributed by atoms with Gasteiger partial charge in [-0.25, -0.2) is 0 Å². The molecule has 3 nitrogen and oxygen atoms in total. The standard InChI is InChI=1S/C13H18BrNO2/c1-10-5-8-17-11(10)12(16)15-13(9-14)6-3-2-4-7-13/h5,8H,2-4,6-7,9H2,1H3,(H,15,16). The molecule has 1 amide bonds. The van der Waals surface area contributed by atoms with Crippen molar-refractivity contribution in [2.24, 2.45) is 0 Å². The van der Waals surface area contributed by atoms with Gasteiger partial charge >= 0.3 is 0 Å². The number of rotatable bonds is 3. The van der Waals surface area contributed by atoms with E-state index in [4.69, 9.17) is 4.42 Å². The summed E-state index contributed by atoms with van der Waals surface area (Å²) in [6.45, 7) is 1.89. The van der Waals surface area contributed by atoms with Gasteiger partial charge < -0.3 is 9.73 Å². The molecular formula is C13H18BrNO2. The molecule has 1 aromatic rings. The molecule has 1 fully saturated rings. The summed E-state index contributed by atoms with van der Waals surface area (Å²) in [4.78, 5) is 12.1. The zero-order valence-corrected chi connectivity index (χ0v) is 11.7. The van der Waals surface area contributed by atoms with Gasteiger partial charge in [0.2, 0.25) is 0 Å². The van der Waals surface area contributed by atoms with E-state index in [9.17, 15) is 4.79 Å². The quantitative estimate of drug-likeness (QED) is 0.869. The number of nitrogens with one attached hydrogen (secondary N) is 1. The Hall–Kier alpha value is -0.770. The number of hydrogen-bond acceptors (Lipinski definition) is 2. The lowest BCUT2D eigenvalue weighted by molar-refractivity contribution is 0.0857. The summed E-state index contributed by atoms with van der Waals surface area (Å²) in [5.74, 6) is 0.352. The Morgan fingerprint density at radius 3 is 2.71 bits per heavy atom. The predicted molar refractivity (Wildman–Crippen MR) is 70.5 cm³/mol. The second-order valence-corrected chi connectivity index (χ2v) is 5.42. The molecule has 4 heteroatoms. The topological polar surface area (TPSA) is 42.2 Å². The summed E-state index contributed by atoms with van der Waals surface area (Å²) in [6, 6.07) is 1.82. The number of carbonyl (C=O) groups excluding carboxylic acids is 1.